The molecule has 0 aromatic heterocycles. The number of carboxylic acids is 1. The zero-order valence-electron chi connectivity index (χ0n) is 14.6. The summed E-state index contributed by atoms with van der Waals surface area (Å²) in [6, 6.07) is 11.3. The number of methoxy groups -OCH3 is 1. The van der Waals surface area contributed by atoms with Crippen molar-refractivity contribution in [2.75, 3.05) is 7.11 Å². The largest absolute Gasteiger partial charge is 0.504 e. The van der Waals surface area contributed by atoms with Crippen molar-refractivity contribution in [3.8, 4) is 17.2 Å². The summed E-state index contributed by atoms with van der Waals surface area (Å²) in [6.07, 6.45) is -7.57. The van der Waals surface area contributed by atoms with Crippen molar-refractivity contribution in [2.45, 2.75) is 19.0 Å². The van der Waals surface area contributed by atoms with E-state index in [1.807, 2.05) is 0 Å². The number of hydrogen-bond acceptors (Lipinski definition) is 4. The standard InChI is InChI=1S/C19H16F4O5/c1-26-11-13(17(24)25)9-12-5-2-3-8-16(12)27-14-6-4-7-15(10-14)28-19(22,23)18(20)21/h2-8,10-11,18H,9H2,1H3,(H,24,25)/b13-11+. The van der Waals surface area contributed by atoms with Crippen LogP contribution in [0.5, 0.6) is 17.2 Å². The third kappa shape index (κ3) is 5.63. The Morgan fingerprint density at radius 2 is 1.82 bits per heavy atom. The van der Waals surface area contributed by atoms with E-state index in [1.165, 1.54) is 19.2 Å². The lowest BCUT2D eigenvalue weighted by molar-refractivity contribution is -0.253. The lowest BCUT2D eigenvalue weighted by Gasteiger charge is -2.17. The molecule has 28 heavy (non-hydrogen) atoms. The van der Waals surface area contributed by atoms with E-state index in [0.29, 0.717) is 5.56 Å². The Labute approximate surface area is 157 Å². The summed E-state index contributed by atoms with van der Waals surface area (Å²) in [4.78, 5) is 11.3. The number of rotatable bonds is 9. The second-order valence-corrected chi connectivity index (χ2v) is 5.51. The number of aliphatic carboxylic acids is 1. The van der Waals surface area contributed by atoms with Gasteiger partial charge in [-0.05, 0) is 23.8 Å². The number of carbonyl (C=O) groups is 1. The van der Waals surface area contributed by atoms with Crippen LogP contribution >= 0.6 is 0 Å². The van der Waals surface area contributed by atoms with Crippen molar-refractivity contribution in [3.05, 3.63) is 65.9 Å². The molecule has 0 aliphatic rings. The van der Waals surface area contributed by atoms with Crippen LogP contribution < -0.4 is 9.47 Å². The Morgan fingerprint density at radius 3 is 2.46 bits per heavy atom. The van der Waals surface area contributed by atoms with Gasteiger partial charge in [-0.25, -0.2) is 4.79 Å². The minimum absolute atomic E-state index is 0.0288. The molecule has 0 aliphatic carbocycles. The van der Waals surface area contributed by atoms with Gasteiger partial charge < -0.3 is 19.3 Å². The van der Waals surface area contributed by atoms with Crippen LogP contribution in [-0.4, -0.2) is 30.7 Å². The number of hydrogen-bond donors (Lipinski definition) is 1. The minimum atomic E-state index is -4.64. The first kappa shape index (κ1) is 21.1. The first-order valence-electron chi connectivity index (χ1n) is 7.89. The number of alkyl halides is 4. The molecule has 0 radical (unpaired) electrons. The SMILES string of the molecule is CO/C=C(\Cc1ccccc1Oc1cccc(OC(F)(F)C(F)F)c1)C(=O)O. The first-order chi connectivity index (χ1) is 13.2. The van der Waals surface area contributed by atoms with Gasteiger partial charge in [0.05, 0.1) is 18.9 Å². The van der Waals surface area contributed by atoms with Crippen LogP contribution in [-0.2, 0) is 16.0 Å². The van der Waals surface area contributed by atoms with Crippen molar-refractivity contribution in [1.82, 2.24) is 0 Å². The van der Waals surface area contributed by atoms with Gasteiger partial charge in [-0.3, -0.25) is 0 Å². The maximum Gasteiger partial charge on any atom is 0.461 e. The first-order valence-corrected chi connectivity index (χ1v) is 7.89. The fraction of sp³-hybridized carbons (Fsp3) is 0.211. The van der Waals surface area contributed by atoms with Crippen LogP contribution in [0, 0.1) is 0 Å². The summed E-state index contributed by atoms with van der Waals surface area (Å²) in [5.41, 5.74) is 0.449. The molecule has 0 amide bonds. The maximum absolute atomic E-state index is 13.1. The lowest BCUT2D eigenvalue weighted by atomic mass is 10.1. The molecule has 0 unspecified atom stereocenters. The van der Waals surface area contributed by atoms with Gasteiger partial charge in [0.1, 0.15) is 17.2 Å². The average Bonchev–Trinajstić information content (AvgIpc) is 2.62. The lowest BCUT2D eigenvalue weighted by Crippen LogP contribution is -2.33. The van der Waals surface area contributed by atoms with E-state index in [1.54, 1.807) is 24.3 Å². The molecule has 1 N–H and O–H groups in total. The molecule has 2 aromatic rings. The molecule has 0 spiro atoms. The van der Waals surface area contributed by atoms with E-state index in [9.17, 15) is 27.5 Å². The van der Waals surface area contributed by atoms with E-state index >= 15 is 0 Å². The number of para-hydroxylation sites is 1. The zero-order chi connectivity index (χ0) is 20.7. The summed E-state index contributed by atoms with van der Waals surface area (Å²) >= 11 is 0. The molecule has 0 saturated carbocycles. The second kappa shape index (κ2) is 9.12. The van der Waals surface area contributed by atoms with Gasteiger partial charge in [0, 0.05) is 12.5 Å². The van der Waals surface area contributed by atoms with Gasteiger partial charge in [-0.15, -0.1) is 0 Å². The number of benzene rings is 2. The molecule has 5 nitrogen and oxygen atoms in total. The van der Waals surface area contributed by atoms with Crippen molar-refractivity contribution >= 4 is 5.97 Å². The third-order valence-electron chi connectivity index (χ3n) is 3.43. The van der Waals surface area contributed by atoms with Crippen LogP contribution in [0.1, 0.15) is 5.56 Å². The summed E-state index contributed by atoms with van der Waals surface area (Å²) in [7, 11) is 1.31. The summed E-state index contributed by atoms with van der Waals surface area (Å²) in [5.74, 6) is -1.39. The molecule has 150 valence electrons. The van der Waals surface area contributed by atoms with Crippen LogP contribution in [0.2, 0.25) is 0 Å². The topological polar surface area (TPSA) is 65.0 Å². The van der Waals surface area contributed by atoms with E-state index < -0.39 is 24.3 Å². The quantitative estimate of drug-likeness (QED) is 0.370. The van der Waals surface area contributed by atoms with Crippen LogP contribution in [0.15, 0.2) is 60.4 Å². The van der Waals surface area contributed by atoms with Gasteiger partial charge in [-0.2, -0.15) is 17.6 Å². The molecule has 0 fully saturated rings. The number of ether oxygens (including phenoxy) is 3. The van der Waals surface area contributed by atoms with Crippen molar-refractivity contribution in [1.29, 1.82) is 0 Å². The van der Waals surface area contributed by atoms with E-state index in [2.05, 4.69) is 4.74 Å². The molecule has 9 heteroatoms. The van der Waals surface area contributed by atoms with Crippen LogP contribution in [0.4, 0.5) is 17.6 Å². The van der Waals surface area contributed by atoms with Crippen molar-refractivity contribution in [2.24, 2.45) is 0 Å². The van der Waals surface area contributed by atoms with E-state index in [-0.39, 0.29) is 23.5 Å². The van der Waals surface area contributed by atoms with Crippen molar-refractivity contribution < 1.29 is 41.7 Å². The van der Waals surface area contributed by atoms with E-state index in [4.69, 9.17) is 9.47 Å². The highest BCUT2D eigenvalue weighted by Gasteiger charge is 2.44. The Hall–Kier alpha value is -3.23. The second-order valence-electron chi connectivity index (χ2n) is 5.51. The molecule has 0 saturated heterocycles. The van der Waals surface area contributed by atoms with E-state index in [0.717, 1.165) is 18.4 Å². The fourth-order valence-electron chi connectivity index (χ4n) is 2.19. The number of carboxylic acid groups (broad SMARTS) is 1. The molecule has 0 aliphatic heterocycles. The summed E-state index contributed by atoms with van der Waals surface area (Å²) < 4.78 is 65.1. The van der Waals surface area contributed by atoms with Gasteiger partial charge in [-0.1, -0.05) is 24.3 Å². The van der Waals surface area contributed by atoms with Gasteiger partial charge in [0.2, 0.25) is 0 Å². The summed E-state index contributed by atoms with van der Waals surface area (Å²) in [6.45, 7) is 0. The highest BCUT2D eigenvalue weighted by molar-refractivity contribution is 5.86. The van der Waals surface area contributed by atoms with Gasteiger partial charge in [0.25, 0.3) is 0 Å². The fourth-order valence-corrected chi connectivity index (χ4v) is 2.19. The Morgan fingerprint density at radius 1 is 1.14 bits per heavy atom. The molecular formula is C19H16F4O5. The predicted molar refractivity (Wildman–Crippen MR) is 91.0 cm³/mol. The van der Waals surface area contributed by atoms with Crippen LogP contribution in [0.3, 0.4) is 0 Å². The average molecular weight is 400 g/mol. The smallest absolute Gasteiger partial charge is 0.461 e. The van der Waals surface area contributed by atoms with Gasteiger partial charge in [0.15, 0.2) is 0 Å². The highest BCUT2D eigenvalue weighted by atomic mass is 19.3. The maximum atomic E-state index is 13.1. The van der Waals surface area contributed by atoms with Crippen LogP contribution in [0.25, 0.3) is 0 Å². The monoisotopic (exact) mass is 400 g/mol. The highest BCUT2D eigenvalue weighted by Crippen LogP contribution is 2.32. The third-order valence-corrected chi connectivity index (χ3v) is 3.43. The molecule has 0 heterocycles. The molecule has 2 aromatic carbocycles. The summed E-state index contributed by atoms with van der Waals surface area (Å²) in [5, 5.41) is 9.20. The molecule has 2 rings (SSSR count). The number of halogens is 4. The molecule has 0 atom stereocenters. The Balaban J connectivity index is 2.24. The van der Waals surface area contributed by atoms with Crippen molar-refractivity contribution in [3.63, 3.8) is 0 Å². The zero-order valence-corrected chi connectivity index (χ0v) is 14.6. The Bertz CT molecular complexity index is 852. The molecular weight excluding hydrogens is 384 g/mol. The Kier molecular flexibility index (Phi) is 6.86. The predicted octanol–water partition coefficient (Wildman–Crippen LogP) is 4.87. The van der Waals surface area contributed by atoms with Gasteiger partial charge >= 0.3 is 18.5 Å². The molecule has 0 bridgehead atoms. The minimum Gasteiger partial charge on any atom is -0.504 e. The normalized spacial score (nSPS) is 12.0.